The molecule has 3 nitrogen and oxygen atoms in total. The molecule has 1 aliphatic heterocycles. The lowest BCUT2D eigenvalue weighted by Gasteiger charge is -2.27. The number of halogens is 2. The zero-order chi connectivity index (χ0) is 31.2. The first kappa shape index (κ1) is 38.1. The van der Waals surface area contributed by atoms with Crippen LogP contribution in [0.4, 0.5) is 4.39 Å². The highest BCUT2D eigenvalue weighted by Crippen LogP contribution is 2.58. The fourth-order valence-electron chi connectivity index (χ4n) is 6.53. The van der Waals surface area contributed by atoms with Crippen LogP contribution in [0.1, 0.15) is 119 Å². The smallest absolute Gasteiger partial charge is 0.141 e. The van der Waals surface area contributed by atoms with Gasteiger partial charge in [0.25, 0.3) is 0 Å². The van der Waals surface area contributed by atoms with Gasteiger partial charge in [-0.1, -0.05) is 85.4 Å². The second kappa shape index (κ2) is 19.3. The van der Waals surface area contributed by atoms with E-state index in [1.807, 2.05) is 13.8 Å². The molecule has 1 heterocycles. The summed E-state index contributed by atoms with van der Waals surface area (Å²) in [6.07, 6.45) is 11.8. The van der Waals surface area contributed by atoms with Crippen LogP contribution in [0.3, 0.4) is 0 Å². The third-order valence-electron chi connectivity index (χ3n) is 10.0. The van der Waals surface area contributed by atoms with Crippen LogP contribution in [0.5, 0.6) is 0 Å². The molecule has 3 fully saturated rings. The predicted octanol–water partition coefficient (Wildman–Crippen LogP) is 10.7. The lowest BCUT2D eigenvalue weighted by atomic mass is 9.76. The first-order valence-corrected chi connectivity index (χ1v) is 16.7. The van der Waals surface area contributed by atoms with Crippen molar-refractivity contribution in [3.63, 3.8) is 0 Å². The molecular formula is C36H62ClFO3. The van der Waals surface area contributed by atoms with Crippen molar-refractivity contribution in [2.24, 2.45) is 40.9 Å². The molecule has 1 aromatic carbocycles. The first-order valence-electron chi connectivity index (χ1n) is 16.3. The van der Waals surface area contributed by atoms with E-state index in [9.17, 15) is 9.18 Å². The van der Waals surface area contributed by atoms with Crippen LogP contribution in [0.2, 0.25) is 5.02 Å². The second-order valence-electron chi connectivity index (χ2n) is 13.5. The van der Waals surface area contributed by atoms with E-state index in [1.54, 1.807) is 19.2 Å². The van der Waals surface area contributed by atoms with Crippen molar-refractivity contribution in [3.8, 4) is 0 Å². The molecule has 5 heteroatoms. The number of hydrogen-bond acceptors (Lipinski definition) is 3. The minimum Gasteiger partial charge on any atom is -0.379 e. The summed E-state index contributed by atoms with van der Waals surface area (Å²) in [5.74, 6) is 4.95. The fraction of sp³-hybridized carbons (Fsp3) is 0.806. The van der Waals surface area contributed by atoms with Gasteiger partial charge in [0.05, 0.1) is 17.7 Å². The predicted molar refractivity (Wildman–Crippen MR) is 173 cm³/mol. The maximum Gasteiger partial charge on any atom is 0.141 e. The van der Waals surface area contributed by atoms with Crippen LogP contribution in [-0.2, 0) is 14.3 Å². The molecule has 1 aromatic rings. The monoisotopic (exact) mass is 596 g/mol. The van der Waals surface area contributed by atoms with Crippen LogP contribution >= 0.6 is 11.6 Å². The second-order valence-corrected chi connectivity index (χ2v) is 13.9. The Hall–Kier alpha value is -0.970. The zero-order valence-electron chi connectivity index (χ0n) is 28.0. The number of carbonyl (C=O) groups excluding carboxylic acids is 1. The molecule has 0 spiro atoms. The topological polar surface area (TPSA) is 35.5 Å². The van der Waals surface area contributed by atoms with E-state index >= 15 is 0 Å². The van der Waals surface area contributed by atoms with Gasteiger partial charge in [-0.05, 0) is 106 Å². The van der Waals surface area contributed by atoms with Gasteiger partial charge in [-0.2, -0.15) is 0 Å². The molecule has 7 unspecified atom stereocenters. The molecule has 0 N–H and O–H groups in total. The van der Waals surface area contributed by atoms with Gasteiger partial charge in [-0.25, -0.2) is 4.39 Å². The van der Waals surface area contributed by atoms with E-state index in [0.29, 0.717) is 17.8 Å². The van der Waals surface area contributed by atoms with E-state index in [4.69, 9.17) is 21.1 Å². The Labute approximate surface area is 257 Å². The van der Waals surface area contributed by atoms with Gasteiger partial charge < -0.3 is 9.47 Å². The Bertz CT molecular complexity index is 866. The Morgan fingerprint density at radius 3 is 2.20 bits per heavy atom. The molecule has 0 aromatic heterocycles. The average Bonchev–Trinajstić information content (AvgIpc) is 3.52. The van der Waals surface area contributed by atoms with Crippen LogP contribution in [0.15, 0.2) is 18.2 Å². The van der Waals surface area contributed by atoms with Gasteiger partial charge in [0.2, 0.25) is 0 Å². The minimum absolute atomic E-state index is 0.120. The Kier molecular flexibility index (Phi) is 17.9. The van der Waals surface area contributed by atoms with Crippen LogP contribution in [0, 0.1) is 53.7 Å². The Morgan fingerprint density at radius 2 is 1.78 bits per heavy atom. The normalized spacial score (nSPS) is 28.2. The molecule has 41 heavy (non-hydrogen) atoms. The summed E-state index contributed by atoms with van der Waals surface area (Å²) in [5, 5.41) is 0.190. The van der Waals surface area contributed by atoms with Gasteiger partial charge >= 0.3 is 0 Å². The van der Waals surface area contributed by atoms with E-state index in [1.165, 1.54) is 57.4 Å². The third-order valence-corrected chi connectivity index (χ3v) is 10.3. The van der Waals surface area contributed by atoms with E-state index in [2.05, 4.69) is 48.5 Å². The number of fused-ring (bicyclic) bond motifs is 1. The van der Waals surface area contributed by atoms with Crippen molar-refractivity contribution < 1.29 is 18.7 Å². The zero-order valence-corrected chi connectivity index (χ0v) is 28.8. The highest BCUT2D eigenvalue weighted by molar-refractivity contribution is 6.30. The molecule has 3 aliphatic rings. The van der Waals surface area contributed by atoms with Crippen molar-refractivity contribution in [2.45, 2.75) is 126 Å². The van der Waals surface area contributed by atoms with Gasteiger partial charge in [-0.3, -0.25) is 4.79 Å². The first-order chi connectivity index (χ1) is 19.3. The third kappa shape index (κ3) is 12.7. The Balaban J connectivity index is 0.000000280. The van der Waals surface area contributed by atoms with Gasteiger partial charge in [-0.15, -0.1) is 0 Å². The number of carbonyl (C=O) groups is 1. The van der Waals surface area contributed by atoms with Crippen molar-refractivity contribution in [1.29, 1.82) is 0 Å². The minimum atomic E-state index is -0.359. The number of rotatable bonds is 7. The number of benzene rings is 1. The Morgan fingerprint density at radius 1 is 1.15 bits per heavy atom. The van der Waals surface area contributed by atoms with E-state index in [-0.39, 0.29) is 16.3 Å². The average molecular weight is 597 g/mol. The molecule has 7 atom stereocenters. The summed E-state index contributed by atoms with van der Waals surface area (Å²) in [6.45, 7) is 21.4. The van der Waals surface area contributed by atoms with Crippen molar-refractivity contribution in [2.75, 3.05) is 20.3 Å². The van der Waals surface area contributed by atoms with Crippen molar-refractivity contribution >= 4 is 17.4 Å². The number of methoxy groups -OCH3 is 1. The summed E-state index contributed by atoms with van der Waals surface area (Å²) in [6, 6.07) is 4.63. The van der Waals surface area contributed by atoms with Crippen LogP contribution in [0.25, 0.3) is 0 Å². The number of ketones is 1. The lowest BCUT2D eigenvalue weighted by Crippen LogP contribution is -2.31. The molecule has 4 rings (SSSR count). The molecule has 2 saturated carbocycles. The maximum absolute atomic E-state index is 12.4. The quantitative estimate of drug-likeness (QED) is 0.314. The number of ether oxygens (including phenoxy) is 2. The van der Waals surface area contributed by atoms with E-state index < -0.39 is 0 Å². The molecule has 238 valence electrons. The molecule has 2 aliphatic carbocycles. The highest BCUT2D eigenvalue weighted by Gasteiger charge is 2.53. The van der Waals surface area contributed by atoms with Gasteiger partial charge in [0.15, 0.2) is 0 Å². The summed E-state index contributed by atoms with van der Waals surface area (Å²) >= 11 is 5.44. The fourth-order valence-corrected chi connectivity index (χ4v) is 6.76. The summed E-state index contributed by atoms with van der Waals surface area (Å²) in [5.41, 5.74) is 1.09. The van der Waals surface area contributed by atoms with Crippen LogP contribution in [-0.4, -0.2) is 32.2 Å². The number of aryl methyl sites for hydroxylation is 1. The molecule has 0 bridgehead atoms. The summed E-state index contributed by atoms with van der Waals surface area (Å²) in [4.78, 5) is 11.8. The number of hydrogen-bond donors (Lipinski definition) is 0. The van der Waals surface area contributed by atoms with Crippen LogP contribution < -0.4 is 0 Å². The SMILES string of the molecule is CC(=O)C12CCCC1CC(C(C)C)C2.CCC(C)CC(C)CC.COC1COCCC1C.Cc1ccc(F)c(Cl)c1. The molecule has 0 radical (unpaired) electrons. The lowest BCUT2D eigenvalue weighted by molar-refractivity contribution is -0.127. The van der Waals surface area contributed by atoms with Gasteiger partial charge in [0.1, 0.15) is 11.6 Å². The molecular weight excluding hydrogens is 535 g/mol. The van der Waals surface area contributed by atoms with Crippen molar-refractivity contribution in [1.82, 2.24) is 0 Å². The largest absolute Gasteiger partial charge is 0.379 e. The standard InChI is InChI=1S/C13H22O.C9H20.C7H6ClF.C7H14O2/c1-9(2)11-7-12-5-4-6-13(12,8-11)10(3)14;1-5-8(3)7-9(4)6-2;1-5-2-3-7(9)6(8)4-5;1-6-3-4-9-5-7(6)8-2/h9,11-12H,4-8H2,1-3H3;8-9H,5-7H2,1-4H3;2-4H,1H3;6-7H,3-5H2,1-2H3. The molecule has 0 amide bonds. The number of Topliss-reactive ketones (excluding diaryl/α,β-unsaturated/α-hetero) is 1. The summed E-state index contributed by atoms with van der Waals surface area (Å²) < 4.78 is 22.8. The summed E-state index contributed by atoms with van der Waals surface area (Å²) in [7, 11) is 1.75. The molecule has 1 saturated heterocycles. The van der Waals surface area contributed by atoms with Crippen molar-refractivity contribution in [3.05, 3.63) is 34.6 Å². The van der Waals surface area contributed by atoms with E-state index in [0.717, 1.165) is 54.8 Å². The highest BCUT2D eigenvalue weighted by atomic mass is 35.5. The maximum atomic E-state index is 12.4. The van der Waals surface area contributed by atoms with Gasteiger partial charge in [0, 0.05) is 19.1 Å².